The molecule has 2 rings (SSSR count). The van der Waals surface area contributed by atoms with Crippen molar-refractivity contribution in [1.29, 1.82) is 0 Å². The second kappa shape index (κ2) is 4.83. The first kappa shape index (κ1) is 12.0. The monoisotopic (exact) mass is 246 g/mol. The van der Waals surface area contributed by atoms with Crippen molar-refractivity contribution in [2.75, 3.05) is 5.73 Å². The molecular weight excluding hydrogens is 232 g/mol. The van der Waals surface area contributed by atoms with E-state index in [0.717, 1.165) is 5.76 Å². The summed E-state index contributed by atoms with van der Waals surface area (Å²) in [5, 5.41) is 12.1. The minimum atomic E-state index is -0.292. The second-order valence-corrected chi connectivity index (χ2v) is 3.97. The molecule has 1 aromatic carbocycles. The van der Waals surface area contributed by atoms with Crippen LogP contribution in [0.15, 0.2) is 34.7 Å². The van der Waals surface area contributed by atoms with Crippen LogP contribution < -0.4 is 11.1 Å². The lowest BCUT2D eigenvalue weighted by atomic mass is 10.2. The molecule has 5 heteroatoms. The molecule has 0 fully saturated rings. The van der Waals surface area contributed by atoms with Gasteiger partial charge in [0.2, 0.25) is 0 Å². The van der Waals surface area contributed by atoms with Crippen molar-refractivity contribution in [2.45, 2.75) is 13.5 Å². The quantitative estimate of drug-likeness (QED) is 0.569. The molecule has 94 valence electrons. The molecular formula is C13H14N2O3. The number of carbonyl (C=O) groups excluding carboxylic acids is 1. The van der Waals surface area contributed by atoms with Gasteiger partial charge >= 0.3 is 0 Å². The van der Waals surface area contributed by atoms with Gasteiger partial charge in [-0.1, -0.05) is 0 Å². The third-order valence-electron chi connectivity index (χ3n) is 2.51. The van der Waals surface area contributed by atoms with Crippen LogP contribution in [0.2, 0.25) is 0 Å². The molecule has 5 nitrogen and oxygen atoms in total. The summed E-state index contributed by atoms with van der Waals surface area (Å²) >= 11 is 0. The van der Waals surface area contributed by atoms with E-state index in [0.29, 0.717) is 17.9 Å². The number of nitrogens with two attached hydrogens (primary N) is 1. The van der Waals surface area contributed by atoms with Crippen LogP contribution in [0.3, 0.4) is 0 Å². The number of benzene rings is 1. The molecule has 0 aliphatic rings. The van der Waals surface area contributed by atoms with Crippen LogP contribution in [-0.4, -0.2) is 11.0 Å². The normalized spacial score (nSPS) is 10.3. The number of nitrogen functional groups attached to an aromatic ring is 1. The van der Waals surface area contributed by atoms with E-state index in [-0.39, 0.29) is 17.3 Å². The van der Waals surface area contributed by atoms with E-state index in [4.69, 9.17) is 10.2 Å². The summed E-state index contributed by atoms with van der Waals surface area (Å²) in [5.41, 5.74) is 6.06. The Balaban J connectivity index is 2.01. The van der Waals surface area contributed by atoms with E-state index < -0.39 is 0 Å². The Morgan fingerprint density at radius 1 is 1.39 bits per heavy atom. The van der Waals surface area contributed by atoms with Crippen LogP contribution in [-0.2, 0) is 6.54 Å². The number of phenols is 1. The zero-order valence-corrected chi connectivity index (χ0v) is 9.93. The number of hydrogen-bond donors (Lipinski definition) is 3. The largest absolute Gasteiger partial charge is 0.506 e. The van der Waals surface area contributed by atoms with Crippen LogP contribution >= 0.6 is 0 Å². The summed E-state index contributed by atoms with van der Waals surface area (Å²) in [6.07, 6.45) is 0. The maximum Gasteiger partial charge on any atom is 0.251 e. The van der Waals surface area contributed by atoms with Gasteiger partial charge in [-0.25, -0.2) is 0 Å². The fourth-order valence-electron chi connectivity index (χ4n) is 1.53. The molecule has 2 aromatic rings. The molecule has 1 amide bonds. The lowest BCUT2D eigenvalue weighted by Crippen LogP contribution is -2.22. The van der Waals surface area contributed by atoms with E-state index in [1.54, 1.807) is 12.1 Å². The molecule has 0 unspecified atom stereocenters. The van der Waals surface area contributed by atoms with Crippen molar-refractivity contribution in [1.82, 2.24) is 5.32 Å². The van der Waals surface area contributed by atoms with Gasteiger partial charge in [0.25, 0.3) is 5.91 Å². The van der Waals surface area contributed by atoms with Crippen molar-refractivity contribution in [3.8, 4) is 5.75 Å². The van der Waals surface area contributed by atoms with E-state index in [9.17, 15) is 9.90 Å². The average Bonchev–Trinajstić information content (AvgIpc) is 2.75. The molecule has 0 aliphatic carbocycles. The zero-order chi connectivity index (χ0) is 13.1. The highest BCUT2D eigenvalue weighted by atomic mass is 16.3. The fourth-order valence-corrected chi connectivity index (χ4v) is 1.53. The van der Waals surface area contributed by atoms with Crippen LogP contribution in [0.5, 0.6) is 5.75 Å². The van der Waals surface area contributed by atoms with Gasteiger partial charge in [-0.05, 0) is 37.3 Å². The van der Waals surface area contributed by atoms with Gasteiger partial charge in [0.15, 0.2) is 0 Å². The Labute approximate surface area is 104 Å². The molecule has 1 aromatic heterocycles. The second-order valence-electron chi connectivity index (χ2n) is 3.97. The van der Waals surface area contributed by atoms with Crippen LogP contribution in [0.4, 0.5) is 5.69 Å². The van der Waals surface area contributed by atoms with E-state index in [1.807, 2.05) is 13.0 Å². The molecule has 1 heterocycles. The third kappa shape index (κ3) is 2.63. The summed E-state index contributed by atoms with van der Waals surface area (Å²) < 4.78 is 5.33. The number of rotatable bonds is 3. The Morgan fingerprint density at radius 2 is 2.17 bits per heavy atom. The lowest BCUT2D eigenvalue weighted by Gasteiger charge is -2.05. The number of aromatic hydroxyl groups is 1. The van der Waals surface area contributed by atoms with Crippen LogP contribution in [0.25, 0.3) is 0 Å². The standard InChI is InChI=1S/C13H14N2O3/c1-8-2-4-10(18-8)7-15-13(17)9-3-5-11(14)12(16)6-9/h2-6,16H,7,14H2,1H3,(H,15,17). The fraction of sp³-hybridized carbons (Fsp3) is 0.154. The molecule has 0 spiro atoms. The van der Waals surface area contributed by atoms with Crippen LogP contribution in [0.1, 0.15) is 21.9 Å². The molecule has 0 bridgehead atoms. The predicted molar refractivity (Wildman–Crippen MR) is 67.1 cm³/mol. The first-order valence-electron chi connectivity index (χ1n) is 5.48. The molecule has 0 aliphatic heterocycles. The Hall–Kier alpha value is -2.43. The van der Waals surface area contributed by atoms with E-state index in [2.05, 4.69) is 5.32 Å². The number of amides is 1. The highest BCUT2D eigenvalue weighted by Gasteiger charge is 2.08. The molecule has 0 saturated carbocycles. The van der Waals surface area contributed by atoms with Crippen molar-refractivity contribution >= 4 is 11.6 Å². The maximum absolute atomic E-state index is 11.8. The Morgan fingerprint density at radius 3 is 2.78 bits per heavy atom. The average molecular weight is 246 g/mol. The van der Waals surface area contributed by atoms with Crippen molar-refractivity contribution in [3.05, 3.63) is 47.4 Å². The molecule has 4 N–H and O–H groups in total. The number of nitrogens with one attached hydrogen (secondary N) is 1. The van der Waals surface area contributed by atoms with Gasteiger partial charge in [-0.3, -0.25) is 4.79 Å². The minimum absolute atomic E-state index is 0.100. The molecule has 18 heavy (non-hydrogen) atoms. The van der Waals surface area contributed by atoms with Crippen molar-refractivity contribution in [3.63, 3.8) is 0 Å². The number of hydrogen-bond acceptors (Lipinski definition) is 4. The minimum Gasteiger partial charge on any atom is -0.506 e. The van der Waals surface area contributed by atoms with E-state index in [1.165, 1.54) is 12.1 Å². The third-order valence-corrected chi connectivity index (χ3v) is 2.51. The number of anilines is 1. The number of phenolic OH excluding ortho intramolecular Hbond substituents is 1. The van der Waals surface area contributed by atoms with Gasteiger partial charge in [-0.2, -0.15) is 0 Å². The van der Waals surface area contributed by atoms with Gasteiger partial charge in [0.1, 0.15) is 17.3 Å². The SMILES string of the molecule is Cc1ccc(CNC(=O)c2ccc(N)c(O)c2)o1. The van der Waals surface area contributed by atoms with Crippen molar-refractivity contribution < 1.29 is 14.3 Å². The first-order valence-corrected chi connectivity index (χ1v) is 5.48. The number of furan rings is 1. The Bertz CT molecular complexity index is 575. The van der Waals surface area contributed by atoms with Gasteiger partial charge in [-0.15, -0.1) is 0 Å². The molecule has 0 atom stereocenters. The predicted octanol–water partition coefficient (Wildman–Crippen LogP) is 1.81. The van der Waals surface area contributed by atoms with Gasteiger partial charge in [0, 0.05) is 5.56 Å². The van der Waals surface area contributed by atoms with Crippen molar-refractivity contribution in [2.24, 2.45) is 0 Å². The summed E-state index contributed by atoms with van der Waals surface area (Å²) in [6, 6.07) is 8.00. The number of aryl methyl sites for hydroxylation is 1. The summed E-state index contributed by atoms with van der Waals surface area (Å²) in [4.78, 5) is 11.8. The topological polar surface area (TPSA) is 88.5 Å². The smallest absolute Gasteiger partial charge is 0.251 e. The lowest BCUT2D eigenvalue weighted by molar-refractivity contribution is 0.0947. The zero-order valence-electron chi connectivity index (χ0n) is 9.93. The highest BCUT2D eigenvalue weighted by molar-refractivity contribution is 5.95. The van der Waals surface area contributed by atoms with E-state index >= 15 is 0 Å². The van der Waals surface area contributed by atoms with Gasteiger partial charge in [0.05, 0.1) is 12.2 Å². The summed E-state index contributed by atoms with van der Waals surface area (Å²) in [5.74, 6) is 1.08. The number of carbonyl (C=O) groups is 1. The molecule has 0 radical (unpaired) electrons. The van der Waals surface area contributed by atoms with Gasteiger partial charge < -0.3 is 20.6 Å². The highest BCUT2D eigenvalue weighted by Crippen LogP contribution is 2.20. The van der Waals surface area contributed by atoms with Crippen LogP contribution in [0, 0.1) is 6.92 Å². The first-order chi connectivity index (χ1) is 8.56. The summed E-state index contributed by atoms with van der Waals surface area (Å²) in [7, 11) is 0. The Kier molecular flexibility index (Phi) is 3.23. The maximum atomic E-state index is 11.8. The molecule has 0 saturated heterocycles. The summed E-state index contributed by atoms with van der Waals surface area (Å²) in [6.45, 7) is 2.14.